The van der Waals surface area contributed by atoms with E-state index in [0.717, 1.165) is 0 Å². The molecule has 0 bridgehead atoms. The van der Waals surface area contributed by atoms with Gasteiger partial charge in [0.2, 0.25) is 0 Å². The minimum atomic E-state index is -1.24. The van der Waals surface area contributed by atoms with Gasteiger partial charge in [-0.3, -0.25) is 4.79 Å². The van der Waals surface area contributed by atoms with Crippen molar-refractivity contribution in [3.8, 4) is 11.5 Å². The van der Waals surface area contributed by atoms with Gasteiger partial charge in [-0.15, -0.1) is 0 Å². The Bertz CT molecular complexity index is 1540. The van der Waals surface area contributed by atoms with Gasteiger partial charge in [-0.05, 0) is 61.0 Å². The normalized spacial score (nSPS) is 10.0. The molecule has 0 amide bonds. The molecule has 0 aliphatic heterocycles. The molecule has 41 heavy (non-hydrogen) atoms. The topological polar surface area (TPSA) is 83.8 Å². The number of phenolic OH excluding ortho intramolecular Hbond substituents is 1. The summed E-state index contributed by atoms with van der Waals surface area (Å²) in [7, 11) is 0. The van der Waals surface area contributed by atoms with Gasteiger partial charge in [-0.2, -0.15) is 0 Å². The second kappa shape index (κ2) is 16.5. The quantitative estimate of drug-likeness (QED) is 0.154. The standard InChI is InChI=1S/C15H11Cl2FO2.C8H6BrFO2.C6H4Cl2O/c1-9(19)12-4-2-3-10(15(12)18)8-20-14-6-5-11(16)7-13(14)17;9-4-5-2-1-3-6(7(5)10)8(11)12;7-4-1-2-6(9)5(8)3-4/h2-7H,8H2,1H3;1-3H,4H2,(H,11,12);1-3,9H. The minimum Gasteiger partial charge on any atom is -0.506 e. The van der Waals surface area contributed by atoms with Gasteiger partial charge >= 0.3 is 5.97 Å². The number of carboxylic acid groups (broad SMARTS) is 1. The zero-order valence-corrected chi connectivity index (χ0v) is 25.7. The van der Waals surface area contributed by atoms with Gasteiger partial charge < -0.3 is 14.9 Å². The first-order valence-electron chi connectivity index (χ1n) is 11.4. The Morgan fingerprint density at radius 3 is 1.85 bits per heavy atom. The van der Waals surface area contributed by atoms with Crippen LogP contribution in [0.3, 0.4) is 0 Å². The Hall–Kier alpha value is -2.88. The molecule has 0 aromatic heterocycles. The van der Waals surface area contributed by atoms with E-state index in [2.05, 4.69) is 15.9 Å². The van der Waals surface area contributed by atoms with Crippen LogP contribution in [0.25, 0.3) is 0 Å². The number of aromatic carboxylic acids is 1. The summed E-state index contributed by atoms with van der Waals surface area (Å²) in [6.07, 6.45) is 0. The Morgan fingerprint density at radius 2 is 1.34 bits per heavy atom. The molecule has 0 atom stereocenters. The van der Waals surface area contributed by atoms with Gasteiger partial charge in [0, 0.05) is 20.9 Å². The van der Waals surface area contributed by atoms with Crippen molar-refractivity contribution < 1.29 is 33.3 Å². The van der Waals surface area contributed by atoms with Gasteiger partial charge in [-0.25, -0.2) is 13.6 Å². The lowest BCUT2D eigenvalue weighted by molar-refractivity contribution is 0.0691. The number of hydrogen-bond acceptors (Lipinski definition) is 4. The number of carbonyl (C=O) groups is 2. The molecular formula is C29H21BrCl4F2O5. The Balaban J connectivity index is 0.000000237. The van der Waals surface area contributed by atoms with E-state index in [1.165, 1.54) is 43.3 Å². The zero-order valence-electron chi connectivity index (χ0n) is 21.1. The number of rotatable bonds is 6. The third-order valence-corrected chi connectivity index (χ3v) is 6.77. The zero-order chi connectivity index (χ0) is 30.7. The van der Waals surface area contributed by atoms with Crippen molar-refractivity contribution in [1.29, 1.82) is 0 Å². The van der Waals surface area contributed by atoms with Crippen LogP contribution in [0, 0.1) is 11.6 Å². The molecule has 0 saturated heterocycles. The number of benzene rings is 4. The summed E-state index contributed by atoms with van der Waals surface area (Å²) in [6, 6.07) is 18.2. The molecule has 0 aliphatic carbocycles. The van der Waals surface area contributed by atoms with Gasteiger partial charge in [0.25, 0.3) is 0 Å². The van der Waals surface area contributed by atoms with Crippen LogP contribution in [-0.2, 0) is 11.9 Å². The van der Waals surface area contributed by atoms with Crippen LogP contribution in [-0.4, -0.2) is 22.0 Å². The van der Waals surface area contributed by atoms with Crippen LogP contribution >= 0.6 is 62.3 Å². The lowest BCUT2D eigenvalue weighted by Crippen LogP contribution is -2.04. The summed E-state index contributed by atoms with van der Waals surface area (Å²) in [4.78, 5) is 21.7. The molecule has 5 nitrogen and oxygen atoms in total. The molecule has 216 valence electrons. The van der Waals surface area contributed by atoms with E-state index in [1.807, 2.05) is 0 Å². The summed E-state index contributed by atoms with van der Waals surface area (Å²) in [6.45, 7) is 1.30. The highest BCUT2D eigenvalue weighted by Crippen LogP contribution is 2.29. The van der Waals surface area contributed by atoms with Crippen molar-refractivity contribution in [3.63, 3.8) is 0 Å². The summed E-state index contributed by atoms with van der Waals surface area (Å²) < 4.78 is 32.6. The number of ether oxygens (including phenoxy) is 1. The number of carboxylic acids is 1. The van der Waals surface area contributed by atoms with E-state index < -0.39 is 17.6 Å². The van der Waals surface area contributed by atoms with Crippen molar-refractivity contribution in [1.82, 2.24) is 0 Å². The van der Waals surface area contributed by atoms with Crippen LogP contribution in [0.5, 0.6) is 11.5 Å². The highest BCUT2D eigenvalue weighted by Gasteiger charge is 2.13. The average Bonchev–Trinajstić information content (AvgIpc) is 2.92. The highest BCUT2D eigenvalue weighted by atomic mass is 79.9. The van der Waals surface area contributed by atoms with Crippen LogP contribution in [0.15, 0.2) is 72.8 Å². The predicted molar refractivity (Wildman–Crippen MR) is 161 cm³/mol. The van der Waals surface area contributed by atoms with Crippen molar-refractivity contribution in [2.45, 2.75) is 18.9 Å². The third-order valence-electron chi connectivity index (χ3n) is 5.10. The van der Waals surface area contributed by atoms with Crippen LogP contribution in [0.4, 0.5) is 8.78 Å². The molecular weight excluding hydrogens is 688 g/mol. The lowest BCUT2D eigenvalue weighted by Gasteiger charge is -2.10. The molecule has 4 aromatic rings. The molecule has 0 spiro atoms. The Kier molecular flexibility index (Phi) is 13.8. The molecule has 0 fully saturated rings. The molecule has 0 radical (unpaired) electrons. The van der Waals surface area contributed by atoms with Crippen molar-refractivity contribution in [3.05, 3.63) is 127 Å². The number of halogens is 7. The molecule has 0 aliphatic rings. The predicted octanol–water partition coefficient (Wildman–Crippen LogP) is 10.0. The first kappa shape index (κ1) is 34.3. The second-order valence-corrected chi connectivity index (χ2v) is 10.3. The fourth-order valence-electron chi connectivity index (χ4n) is 3.04. The van der Waals surface area contributed by atoms with Crippen molar-refractivity contribution in [2.24, 2.45) is 0 Å². The first-order valence-corrected chi connectivity index (χ1v) is 14.1. The largest absolute Gasteiger partial charge is 0.506 e. The fourth-order valence-corrected chi connectivity index (χ4v) is 4.34. The summed E-state index contributed by atoms with van der Waals surface area (Å²) in [5.41, 5.74) is 0.416. The minimum absolute atomic E-state index is 0.0195. The van der Waals surface area contributed by atoms with Crippen molar-refractivity contribution in [2.75, 3.05) is 0 Å². The number of phenols is 1. The smallest absolute Gasteiger partial charge is 0.338 e. The van der Waals surface area contributed by atoms with E-state index in [9.17, 15) is 18.4 Å². The maximum atomic E-state index is 14.0. The first-order chi connectivity index (χ1) is 19.3. The van der Waals surface area contributed by atoms with E-state index in [4.69, 9.17) is 61.4 Å². The Morgan fingerprint density at radius 1 is 0.805 bits per heavy atom. The SMILES string of the molecule is CC(=O)c1cccc(COc2ccc(Cl)cc2Cl)c1F.O=C(O)c1cccc(CBr)c1F.Oc1ccc(Cl)cc1Cl. The van der Waals surface area contributed by atoms with Crippen molar-refractivity contribution >= 4 is 74.1 Å². The average molecular weight is 709 g/mol. The van der Waals surface area contributed by atoms with E-state index in [0.29, 0.717) is 37.3 Å². The Labute approximate surface area is 263 Å². The number of Topliss-reactive ketones (excluding diaryl/α,β-unsaturated/α-hetero) is 1. The van der Waals surface area contributed by atoms with E-state index in [-0.39, 0.29) is 34.3 Å². The fraction of sp³-hybridized carbons (Fsp3) is 0.103. The monoisotopic (exact) mass is 706 g/mol. The molecule has 0 unspecified atom stereocenters. The molecule has 4 aromatic carbocycles. The third kappa shape index (κ3) is 10.5. The van der Waals surface area contributed by atoms with Gasteiger partial charge in [0.15, 0.2) is 5.78 Å². The van der Waals surface area contributed by atoms with Crippen LogP contribution < -0.4 is 4.74 Å². The molecule has 12 heteroatoms. The van der Waals surface area contributed by atoms with Crippen LogP contribution in [0.2, 0.25) is 20.1 Å². The summed E-state index contributed by atoms with van der Waals surface area (Å²) in [5, 5.41) is 19.3. The molecule has 2 N–H and O–H groups in total. The summed E-state index contributed by atoms with van der Waals surface area (Å²) in [5.74, 6) is -2.33. The van der Waals surface area contributed by atoms with E-state index in [1.54, 1.807) is 36.4 Å². The number of carbonyl (C=O) groups excluding carboxylic acids is 1. The molecule has 4 rings (SSSR count). The summed E-state index contributed by atoms with van der Waals surface area (Å²) >= 11 is 25.8. The highest BCUT2D eigenvalue weighted by molar-refractivity contribution is 9.08. The van der Waals surface area contributed by atoms with Gasteiger partial charge in [0.05, 0.1) is 21.2 Å². The maximum absolute atomic E-state index is 14.0. The maximum Gasteiger partial charge on any atom is 0.338 e. The number of alkyl halides is 1. The lowest BCUT2D eigenvalue weighted by atomic mass is 10.1. The van der Waals surface area contributed by atoms with Gasteiger partial charge in [-0.1, -0.05) is 86.6 Å². The number of aromatic hydroxyl groups is 1. The van der Waals surface area contributed by atoms with Gasteiger partial charge in [0.1, 0.15) is 29.7 Å². The van der Waals surface area contributed by atoms with Crippen LogP contribution in [0.1, 0.15) is 38.8 Å². The second-order valence-electron chi connectivity index (χ2n) is 8.01. The number of ketones is 1. The molecule has 0 heterocycles. The molecule has 0 saturated carbocycles. The van der Waals surface area contributed by atoms with E-state index >= 15 is 0 Å². The number of hydrogen-bond donors (Lipinski definition) is 2.